The van der Waals surface area contributed by atoms with Crippen LogP contribution in [0.4, 0.5) is 0 Å². The van der Waals surface area contributed by atoms with Gasteiger partial charge in [-0.2, -0.15) is 0 Å². The van der Waals surface area contributed by atoms with E-state index in [9.17, 15) is 0 Å². The third-order valence-electron chi connectivity index (χ3n) is 3.80. The van der Waals surface area contributed by atoms with Crippen LogP contribution in [0.1, 0.15) is 24.8 Å². The van der Waals surface area contributed by atoms with Crippen molar-refractivity contribution in [3.63, 3.8) is 0 Å². The Balaban J connectivity index is 1.47. The smallest absolute Gasteiger partial charge is 0.133 e. The molecular weight excluding hydrogens is 360 g/mol. The summed E-state index contributed by atoms with van der Waals surface area (Å²) in [5.74, 6) is 7.50. The average Bonchev–Trinajstić information content (AvgIpc) is 2.62. The molecule has 0 spiro atoms. The summed E-state index contributed by atoms with van der Waals surface area (Å²) in [5.41, 5.74) is 1.11. The summed E-state index contributed by atoms with van der Waals surface area (Å²) >= 11 is 3.49. The third kappa shape index (κ3) is 4.40. The molecule has 0 atom stereocenters. The van der Waals surface area contributed by atoms with Crippen molar-refractivity contribution in [2.24, 2.45) is 0 Å². The average molecular weight is 379 g/mol. The summed E-state index contributed by atoms with van der Waals surface area (Å²) in [4.78, 5) is 0. The lowest BCUT2D eigenvalue weighted by atomic mass is 10.0. The molecule has 0 saturated heterocycles. The second-order valence-electron chi connectivity index (χ2n) is 5.56. The zero-order valence-corrected chi connectivity index (χ0v) is 15.1. The van der Waals surface area contributed by atoms with Crippen molar-refractivity contribution in [2.75, 3.05) is 6.61 Å². The highest BCUT2D eigenvalue weighted by Gasteiger charge is 1.98. The Labute approximate surface area is 151 Å². The van der Waals surface area contributed by atoms with Crippen LogP contribution < -0.4 is 4.74 Å². The predicted octanol–water partition coefficient (Wildman–Crippen LogP) is 6.20. The molecule has 0 radical (unpaired) electrons. The van der Waals surface area contributed by atoms with Gasteiger partial charge in [-0.25, -0.2) is 0 Å². The monoisotopic (exact) mass is 378 g/mol. The minimum atomic E-state index is 0.721. The van der Waals surface area contributed by atoms with Gasteiger partial charge in [0.05, 0.1) is 11.1 Å². The lowest BCUT2D eigenvalue weighted by molar-refractivity contribution is 0.306. The number of rotatable bonds is 5. The Morgan fingerprint density at radius 3 is 2.54 bits per heavy atom. The third-order valence-corrected chi connectivity index (χ3v) is 4.46. The Kier molecular flexibility index (Phi) is 5.93. The molecule has 0 N–H and O–H groups in total. The molecule has 0 fully saturated rings. The lowest BCUT2D eigenvalue weighted by Gasteiger charge is -2.06. The van der Waals surface area contributed by atoms with Crippen LogP contribution in [0.3, 0.4) is 0 Å². The second kappa shape index (κ2) is 8.57. The van der Waals surface area contributed by atoms with Gasteiger partial charge in [0.25, 0.3) is 0 Å². The fourth-order valence-corrected chi connectivity index (χ4v) is 2.95. The van der Waals surface area contributed by atoms with Crippen molar-refractivity contribution in [1.29, 1.82) is 0 Å². The highest BCUT2D eigenvalue weighted by Crippen LogP contribution is 2.24. The number of hydrogen-bond acceptors (Lipinski definition) is 1. The number of unbranched alkanes of at least 4 members (excludes halogenated alkanes) is 2. The van der Waals surface area contributed by atoms with Crippen LogP contribution in [0.25, 0.3) is 10.8 Å². The molecule has 3 rings (SSSR count). The molecule has 24 heavy (non-hydrogen) atoms. The molecule has 0 aliphatic carbocycles. The molecule has 0 heterocycles. The summed E-state index contributed by atoms with van der Waals surface area (Å²) in [6.07, 6.45) is 2.94. The van der Waals surface area contributed by atoms with Crippen molar-refractivity contribution in [3.8, 4) is 17.6 Å². The summed E-state index contributed by atoms with van der Waals surface area (Å²) in [6.45, 7) is 0.721. The first-order valence-corrected chi connectivity index (χ1v) is 8.98. The van der Waals surface area contributed by atoms with Crippen molar-refractivity contribution in [2.45, 2.75) is 19.3 Å². The summed E-state index contributed by atoms with van der Waals surface area (Å²) in [7, 11) is 0. The van der Waals surface area contributed by atoms with Gasteiger partial charge in [0, 0.05) is 12.0 Å². The molecule has 0 aliphatic heterocycles. The van der Waals surface area contributed by atoms with Gasteiger partial charge in [0.15, 0.2) is 0 Å². The maximum Gasteiger partial charge on any atom is 0.133 e. The molecule has 0 bridgehead atoms. The molecule has 0 aliphatic rings. The molecule has 0 unspecified atom stereocenters. The van der Waals surface area contributed by atoms with Gasteiger partial charge in [-0.3, -0.25) is 0 Å². The molecule has 3 aromatic carbocycles. The maximum absolute atomic E-state index is 5.76. The first-order chi connectivity index (χ1) is 11.8. The molecule has 0 amide bonds. The Bertz CT molecular complexity index is 868. The summed E-state index contributed by atoms with van der Waals surface area (Å²) in [5, 5.41) is 2.47. The van der Waals surface area contributed by atoms with Crippen LogP contribution in [-0.4, -0.2) is 6.61 Å². The lowest BCUT2D eigenvalue weighted by Crippen LogP contribution is -1.97. The van der Waals surface area contributed by atoms with E-state index in [1.807, 2.05) is 24.3 Å². The number of hydrogen-bond donors (Lipinski definition) is 0. The van der Waals surface area contributed by atoms with Gasteiger partial charge in [-0.1, -0.05) is 60.4 Å². The van der Waals surface area contributed by atoms with Crippen LogP contribution in [0.2, 0.25) is 0 Å². The van der Waals surface area contributed by atoms with Gasteiger partial charge in [-0.05, 0) is 57.7 Å². The largest absolute Gasteiger partial charge is 0.492 e. The van der Waals surface area contributed by atoms with E-state index in [0.717, 1.165) is 41.7 Å². The van der Waals surface area contributed by atoms with Crippen LogP contribution in [0, 0.1) is 11.8 Å². The summed E-state index contributed by atoms with van der Waals surface area (Å²) < 4.78 is 6.76. The van der Waals surface area contributed by atoms with Gasteiger partial charge in [-0.15, -0.1) is 0 Å². The topological polar surface area (TPSA) is 9.23 Å². The van der Waals surface area contributed by atoms with E-state index in [1.54, 1.807) is 0 Å². The first kappa shape index (κ1) is 16.6. The number of para-hydroxylation sites is 1. The van der Waals surface area contributed by atoms with Gasteiger partial charge >= 0.3 is 0 Å². The molecule has 3 aromatic rings. The van der Waals surface area contributed by atoms with E-state index in [2.05, 4.69) is 70.2 Å². The quantitative estimate of drug-likeness (QED) is 0.379. The molecule has 120 valence electrons. The van der Waals surface area contributed by atoms with Gasteiger partial charge < -0.3 is 4.74 Å². The SMILES string of the molecule is Brc1ccccc1OCCCCC#Cc1cccc2ccccc12. The number of benzene rings is 3. The normalized spacial score (nSPS) is 10.2. The molecule has 1 nitrogen and oxygen atoms in total. The van der Waals surface area contributed by atoms with Crippen molar-refractivity contribution >= 4 is 26.7 Å². The zero-order valence-electron chi connectivity index (χ0n) is 13.5. The minimum Gasteiger partial charge on any atom is -0.492 e. The molecule has 2 heteroatoms. The number of fused-ring (bicyclic) bond motifs is 1. The van der Waals surface area contributed by atoms with Crippen LogP contribution in [0.15, 0.2) is 71.2 Å². The predicted molar refractivity (Wildman–Crippen MR) is 104 cm³/mol. The Morgan fingerprint density at radius 1 is 0.833 bits per heavy atom. The highest BCUT2D eigenvalue weighted by molar-refractivity contribution is 9.10. The van der Waals surface area contributed by atoms with Crippen molar-refractivity contribution in [1.82, 2.24) is 0 Å². The zero-order chi connectivity index (χ0) is 16.6. The van der Waals surface area contributed by atoms with Crippen LogP contribution in [-0.2, 0) is 0 Å². The van der Waals surface area contributed by atoms with Crippen LogP contribution in [0.5, 0.6) is 5.75 Å². The van der Waals surface area contributed by atoms with E-state index >= 15 is 0 Å². The second-order valence-corrected chi connectivity index (χ2v) is 6.42. The minimum absolute atomic E-state index is 0.721. The Hall–Kier alpha value is -2.24. The fourth-order valence-electron chi connectivity index (χ4n) is 2.55. The standard InChI is InChI=1S/C22H19BrO/c23-21-15-6-7-16-22(21)24-17-8-2-1-3-10-18-12-9-13-19-11-4-5-14-20(18)19/h4-7,9,11-16H,1-2,8,17H2. The van der Waals surface area contributed by atoms with E-state index in [0.29, 0.717) is 0 Å². The van der Waals surface area contributed by atoms with Crippen LogP contribution >= 0.6 is 15.9 Å². The van der Waals surface area contributed by atoms with E-state index in [-0.39, 0.29) is 0 Å². The molecular formula is C22H19BrO. The number of ether oxygens (including phenoxy) is 1. The highest BCUT2D eigenvalue weighted by atomic mass is 79.9. The van der Waals surface area contributed by atoms with E-state index < -0.39 is 0 Å². The summed E-state index contributed by atoms with van der Waals surface area (Å²) in [6, 6.07) is 22.6. The maximum atomic E-state index is 5.76. The molecule has 0 aromatic heterocycles. The van der Waals surface area contributed by atoms with E-state index in [1.165, 1.54) is 10.8 Å². The van der Waals surface area contributed by atoms with Gasteiger partial charge in [0.2, 0.25) is 0 Å². The molecule has 0 saturated carbocycles. The van der Waals surface area contributed by atoms with Gasteiger partial charge in [0.1, 0.15) is 5.75 Å². The van der Waals surface area contributed by atoms with Crippen molar-refractivity contribution < 1.29 is 4.74 Å². The fraction of sp³-hybridized carbons (Fsp3) is 0.182. The number of halogens is 1. The Morgan fingerprint density at radius 2 is 1.62 bits per heavy atom. The van der Waals surface area contributed by atoms with E-state index in [4.69, 9.17) is 4.74 Å². The van der Waals surface area contributed by atoms with Crippen molar-refractivity contribution in [3.05, 3.63) is 76.8 Å². The first-order valence-electron chi connectivity index (χ1n) is 8.18.